The van der Waals surface area contributed by atoms with Gasteiger partial charge in [-0.15, -0.1) is 0 Å². The van der Waals surface area contributed by atoms with Crippen LogP contribution in [0.2, 0.25) is 5.15 Å². The summed E-state index contributed by atoms with van der Waals surface area (Å²) in [7, 11) is 0. The van der Waals surface area contributed by atoms with Crippen molar-refractivity contribution in [3.05, 3.63) is 39.2 Å². The van der Waals surface area contributed by atoms with E-state index in [0.29, 0.717) is 24.8 Å². The van der Waals surface area contributed by atoms with Crippen molar-refractivity contribution in [3.8, 4) is 0 Å². The van der Waals surface area contributed by atoms with Gasteiger partial charge in [0.15, 0.2) is 5.03 Å². The van der Waals surface area contributed by atoms with Gasteiger partial charge in [-0.25, -0.2) is 15.1 Å². The maximum Gasteiger partial charge on any atom is 0.305 e. The molecular formula is C12H14ClN5O4. The molecule has 1 N–H and O–H groups in total. The van der Waals surface area contributed by atoms with Gasteiger partial charge in [0, 0.05) is 32.4 Å². The molecule has 2 rings (SSSR count). The van der Waals surface area contributed by atoms with Gasteiger partial charge in [0.1, 0.15) is 10.3 Å². The minimum absolute atomic E-state index is 0.104. The zero-order valence-corrected chi connectivity index (χ0v) is 12.3. The highest BCUT2D eigenvalue weighted by Crippen LogP contribution is 2.15. The highest BCUT2D eigenvalue weighted by atomic mass is 35.5. The minimum Gasteiger partial charge on any atom is -0.481 e. The van der Waals surface area contributed by atoms with E-state index in [9.17, 15) is 14.9 Å². The second kappa shape index (κ2) is 7.03. The summed E-state index contributed by atoms with van der Waals surface area (Å²) in [4.78, 5) is 28.6. The van der Waals surface area contributed by atoms with E-state index in [1.54, 1.807) is 28.1 Å². The molecule has 0 amide bonds. The first kappa shape index (κ1) is 16.0. The molecule has 9 nitrogen and oxygen atoms in total. The Morgan fingerprint density at radius 3 is 2.77 bits per heavy atom. The van der Waals surface area contributed by atoms with E-state index < -0.39 is 11.0 Å². The van der Waals surface area contributed by atoms with Gasteiger partial charge in [0.05, 0.1) is 6.42 Å². The Bertz CT molecular complexity index is 592. The molecule has 0 radical (unpaired) electrons. The summed E-state index contributed by atoms with van der Waals surface area (Å²) >= 11 is 5.72. The van der Waals surface area contributed by atoms with Crippen molar-refractivity contribution in [1.82, 2.24) is 14.8 Å². The monoisotopic (exact) mass is 327 g/mol. The molecule has 1 aromatic heterocycles. The molecule has 1 saturated heterocycles. The van der Waals surface area contributed by atoms with Gasteiger partial charge in [-0.1, -0.05) is 17.7 Å². The molecule has 0 aromatic carbocycles. The number of aliphatic carboxylic acids is 1. The molecule has 0 unspecified atom stereocenters. The fourth-order valence-corrected chi connectivity index (χ4v) is 2.27. The molecule has 10 heteroatoms. The number of nitro groups is 1. The summed E-state index contributed by atoms with van der Waals surface area (Å²) in [5.74, 6) is -0.790. The van der Waals surface area contributed by atoms with Gasteiger partial charge in [0.2, 0.25) is 0 Å². The average Bonchev–Trinajstić information content (AvgIpc) is 2.81. The smallest absolute Gasteiger partial charge is 0.305 e. The summed E-state index contributed by atoms with van der Waals surface area (Å²) in [6, 6.07) is 3.42. The largest absolute Gasteiger partial charge is 0.481 e. The van der Waals surface area contributed by atoms with Gasteiger partial charge >= 0.3 is 5.97 Å². The number of hydrazone groups is 1. The topological polar surface area (TPSA) is 112 Å². The van der Waals surface area contributed by atoms with Crippen LogP contribution in [0.1, 0.15) is 12.0 Å². The number of rotatable bonds is 6. The molecule has 0 spiro atoms. The van der Waals surface area contributed by atoms with E-state index in [-0.39, 0.29) is 18.9 Å². The molecule has 0 aliphatic carbocycles. The van der Waals surface area contributed by atoms with E-state index in [1.807, 2.05) is 0 Å². The summed E-state index contributed by atoms with van der Waals surface area (Å²) in [5.41, 5.74) is 0.834. The lowest BCUT2D eigenvalue weighted by Crippen LogP contribution is -2.35. The SMILES string of the molecule is O=C(O)CCN1CCN(Cc2ccc(Cl)nc2)C1=N[N+](=O)[O-]. The van der Waals surface area contributed by atoms with Crippen LogP contribution < -0.4 is 0 Å². The predicted octanol–water partition coefficient (Wildman–Crippen LogP) is 0.875. The normalized spacial score (nSPS) is 16.3. The van der Waals surface area contributed by atoms with Crippen LogP contribution in [0.5, 0.6) is 0 Å². The van der Waals surface area contributed by atoms with Crippen molar-refractivity contribution in [3.63, 3.8) is 0 Å². The number of halogens is 1. The molecule has 0 atom stereocenters. The Balaban J connectivity index is 2.11. The second-order valence-electron chi connectivity index (χ2n) is 4.68. The zero-order valence-electron chi connectivity index (χ0n) is 11.6. The van der Waals surface area contributed by atoms with Crippen LogP contribution in [0.25, 0.3) is 0 Å². The number of carboxylic acids is 1. The lowest BCUT2D eigenvalue weighted by atomic mass is 10.3. The molecule has 1 aliphatic heterocycles. The Hall–Kier alpha value is -2.42. The Morgan fingerprint density at radius 2 is 2.18 bits per heavy atom. The predicted molar refractivity (Wildman–Crippen MR) is 77.9 cm³/mol. The Kier molecular flexibility index (Phi) is 5.10. The van der Waals surface area contributed by atoms with E-state index >= 15 is 0 Å². The number of hydrogen-bond donors (Lipinski definition) is 1. The fourth-order valence-electron chi connectivity index (χ4n) is 2.15. The molecule has 118 valence electrons. The van der Waals surface area contributed by atoms with Crippen LogP contribution >= 0.6 is 11.6 Å². The first-order chi connectivity index (χ1) is 10.5. The molecule has 1 fully saturated rings. The lowest BCUT2D eigenvalue weighted by molar-refractivity contribution is -0.486. The van der Waals surface area contributed by atoms with Crippen LogP contribution in [-0.2, 0) is 11.3 Å². The Morgan fingerprint density at radius 1 is 1.45 bits per heavy atom. The third-order valence-corrected chi connectivity index (χ3v) is 3.36. The fraction of sp³-hybridized carbons (Fsp3) is 0.417. The molecule has 0 bridgehead atoms. The lowest BCUT2D eigenvalue weighted by Gasteiger charge is -2.20. The maximum atomic E-state index is 10.7. The van der Waals surface area contributed by atoms with Gasteiger partial charge in [0.25, 0.3) is 5.96 Å². The summed E-state index contributed by atoms with van der Waals surface area (Å²) in [6.45, 7) is 1.58. The number of carbonyl (C=O) groups is 1. The summed E-state index contributed by atoms with van der Waals surface area (Å²) < 4.78 is 0. The molecule has 0 saturated carbocycles. The van der Waals surface area contributed by atoms with Crippen molar-refractivity contribution in [2.45, 2.75) is 13.0 Å². The number of guanidine groups is 1. The van der Waals surface area contributed by atoms with Crippen LogP contribution in [0.4, 0.5) is 0 Å². The van der Waals surface area contributed by atoms with Gasteiger partial charge in [-0.2, -0.15) is 0 Å². The zero-order chi connectivity index (χ0) is 16.1. The van der Waals surface area contributed by atoms with Gasteiger partial charge in [-0.05, 0) is 11.6 Å². The van der Waals surface area contributed by atoms with E-state index in [0.717, 1.165) is 5.56 Å². The highest BCUT2D eigenvalue weighted by molar-refractivity contribution is 6.29. The Labute approximate surface area is 130 Å². The van der Waals surface area contributed by atoms with E-state index in [2.05, 4.69) is 10.1 Å². The third kappa shape index (κ3) is 4.29. The van der Waals surface area contributed by atoms with Crippen molar-refractivity contribution < 1.29 is 14.9 Å². The van der Waals surface area contributed by atoms with Crippen molar-refractivity contribution in [2.24, 2.45) is 5.10 Å². The minimum atomic E-state index is -0.958. The maximum absolute atomic E-state index is 10.7. The number of aromatic nitrogens is 1. The van der Waals surface area contributed by atoms with E-state index in [4.69, 9.17) is 16.7 Å². The average molecular weight is 328 g/mol. The molecule has 1 aliphatic rings. The number of pyridine rings is 1. The standard InChI is InChI=1S/C12H14ClN5O4/c13-10-2-1-9(7-14-10)8-17-6-5-16(4-3-11(19)20)12(17)15-18(21)22/h1-2,7H,3-6,8H2,(H,19,20). The number of hydrogen-bond acceptors (Lipinski definition) is 4. The molecular weight excluding hydrogens is 314 g/mol. The highest BCUT2D eigenvalue weighted by Gasteiger charge is 2.29. The van der Waals surface area contributed by atoms with Crippen LogP contribution in [0.3, 0.4) is 0 Å². The van der Waals surface area contributed by atoms with Gasteiger partial charge < -0.3 is 14.9 Å². The number of carboxylic acid groups (broad SMARTS) is 1. The van der Waals surface area contributed by atoms with Crippen LogP contribution in [0, 0.1) is 10.1 Å². The first-order valence-corrected chi connectivity index (χ1v) is 6.88. The van der Waals surface area contributed by atoms with Gasteiger partial charge in [-0.3, -0.25) is 4.79 Å². The van der Waals surface area contributed by atoms with Crippen LogP contribution in [-0.4, -0.2) is 56.5 Å². The van der Waals surface area contributed by atoms with Crippen molar-refractivity contribution >= 4 is 23.5 Å². The molecule has 22 heavy (non-hydrogen) atoms. The molecule has 1 aromatic rings. The quantitative estimate of drug-likeness (QED) is 0.468. The van der Waals surface area contributed by atoms with E-state index in [1.165, 1.54) is 0 Å². The summed E-state index contributed by atoms with van der Waals surface area (Å²) in [5, 5.41) is 22.4. The third-order valence-electron chi connectivity index (χ3n) is 3.13. The van der Waals surface area contributed by atoms with Crippen molar-refractivity contribution in [2.75, 3.05) is 19.6 Å². The van der Waals surface area contributed by atoms with Crippen molar-refractivity contribution in [1.29, 1.82) is 0 Å². The first-order valence-electron chi connectivity index (χ1n) is 6.51. The number of nitrogens with zero attached hydrogens (tertiary/aromatic N) is 5. The second-order valence-corrected chi connectivity index (χ2v) is 5.07. The summed E-state index contributed by atoms with van der Waals surface area (Å²) in [6.07, 6.45) is 1.49. The van der Waals surface area contributed by atoms with Crippen LogP contribution in [0.15, 0.2) is 23.4 Å². The molecule has 2 heterocycles.